The number of sulfonamides is 1. The second kappa shape index (κ2) is 10.7. The predicted molar refractivity (Wildman–Crippen MR) is 141 cm³/mol. The van der Waals surface area contributed by atoms with Gasteiger partial charge >= 0.3 is 6.36 Å². The number of benzene rings is 2. The van der Waals surface area contributed by atoms with Crippen molar-refractivity contribution in [1.82, 2.24) is 18.9 Å². The number of hydrogen-bond acceptors (Lipinski definition) is 7. The number of phenolic OH excluding ortho intramolecular Hbond substituents is 1. The van der Waals surface area contributed by atoms with E-state index < -0.39 is 22.1 Å². The molecule has 1 atom stereocenters. The van der Waals surface area contributed by atoms with Gasteiger partial charge in [-0.05, 0) is 71.1 Å². The number of fused-ring (bicyclic) bond motifs is 1. The highest BCUT2D eigenvalue weighted by atomic mass is 79.9. The van der Waals surface area contributed by atoms with Crippen molar-refractivity contribution < 1.29 is 31.4 Å². The molecule has 1 aliphatic rings. The molecular formula is C25H23BrF3N5O4S. The number of phenols is 1. The molecule has 9 nitrogen and oxygen atoms in total. The lowest BCUT2D eigenvalue weighted by atomic mass is 10.00. The SMILES string of the molecule is O=S(=O)(c1ccc(OC(F)(F)F)cc1)N1CCCC(CNc2cc(-c3ccccc3O)nc3c(Br)cnn23)C1. The van der Waals surface area contributed by atoms with Crippen molar-refractivity contribution in [1.29, 1.82) is 0 Å². The minimum absolute atomic E-state index is 0.0443. The molecule has 14 heteroatoms. The largest absolute Gasteiger partial charge is 0.573 e. The summed E-state index contributed by atoms with van der Waals surface area (Å²) in [5.41, 5.74) is 1.64. The molecule has 2 aromatic heterocycles. The molecule has 0 radical (unpaired) electrons. The standard InChI is InChI=1S/C25H23BrF3N5O4S/c26-20-14-31-34-23(12-21(32-24(20)34)19-5-1-2-6-22(19)35)30-13-16-4-3-11-33(15-16)39(36,37)18-9-7-17(8-10-18)38-25(27,28)29/h1-2,5-10,12,14,16,30,35H,3-4,11,13,15H2. The Morgan fingerprint density at radius 2 is 1.90 bits per heavy atom. The second-order valence-corrected chi connectivity index (χ2v) is 11.8. The number of alkyl halides is 3. The summed E-state index contributed by atoms with van der Waals surface area (Å²) in [5, 5.41) is 18.0. The van der Waals surface area contributed by atoms with Crippen molar-refractivity contribution in [3.63, 3.8) is 0 Å². The molecule has 1 aliphatic heterocycles. The van der Waals surface area contributed by atoms with Crippen molar-refractivity contribution >= 4 is 37.4 Å². The van der Waals surface area contributed by atoms with Gasteiger partial charge in [-0.25, -0.2) is 13.4 Å². The summed E-state index contributed by atoms with van der Waals surface area (Å²) in [6.45, 7) is 0.976. The number of aromatic hydroxyl groups is 1. The van der Waals surface area contributed by atoms with Gasteiger partial charge in [-0.3, -0.25) is 0 Å². The van der Waals surface area contributed by atoms with Crippen LogP contribution in [0.1, 0.15) is 12.8 Å². The van der Waals surface area contributed by atoms with Crippen LogP contribution in [0.4, 0.5) is 19.0 Å². The summed E-state index contributed by atoms with van der Waals surface area (Å²) in [6, 6.07) is 12.8. The maximum absolute atomic E-state index is 13.2. The van der Waals surface area contributed by atoms with Gasteiger partial charge in [0.2, 0.25) is 10.0 Å². The molecule has 1 saturated heterocycles. The van der Waals surface area contributed by atoms with Gasteiger partial charge in [-0.15, -0.1) is 13.2 Å². The molecule has 0 spiro atoms. The van der Waals surface area contributed by atoms with E-state index in [4.69, 9.17) is 0 Å². The Kier molecular flexibility index (Phi) is 7.44. The first-order valence-corrected chi connectivity index (χ1v) is 14.2. The molecule has 2 aromatic carbocycles. The van der Waals surface area contributed by atoms with Gasteiger partial charge in [-0.1, -0.05) is 12.1 Å². The van der Waals surface area contributed by atoms with Gasteiger partial charge in [0.1, 0.15) is 17.3 Å². The molecule has 0 amide bonds. The quantitative estimate of drug-likeness (QED) is 0.288. The molecule has 4 aromatic rings. The van der Waals surface area contributed by atoms with Crippen LogP contribution in [0.15, 0.2) is 70.2 Å². The van der Waals surface area contributed by atoms with Crippen molar-refractivity contribution in [2.75, 3.05) is 25.0 Å². The third kappa shape index (κ3) is 5.97. The number of rotatable bonds is 7. The van der Waals surface area contributed by atoms with Crippen molar-refractivity contribution in [2.45, 2.75) is 24.1 Å². The van der Waals surface area contributed by atoms with Gasteiger partial charge < -0.3 is 15.2 Å². The van der Waals surface area contributed by atoms with E-state index in [1.807, 2.05) is 0 Å². The zero-order valence-electron chi connectivity index (χ0n) is 20.3. The van der Waals surface area contributed by atoms with Crippen molar-refractivity contribution in [2.24, 2.45) is 5.92 Å². The first-order valence-electron chi connectivity index (χ1n) is 11.9. The van der Waals surface area contributed by atoms with Gasteiger partial charge in [0.05, 0.1) is 21.3 Å². The Bertz CT molecular complexity index is 1600. The van der Waals surface area contributed by atoms with Crippen LogP contribution in [0, 0.1) is 5.92 Å². The van der Waals surface area contributed by atoms with E-state index in [1.54, 1.807) is 41.0 Å². The summed E-state index contributed by atoms with van der Waals surface area (Å²) in [6.07, 6.45) is -1.84. The Morgan fingerprint density at radius 1 is 1.15 bits per heavy atom. The molecule has 0 saturated carbocycles. The Balaban J connectivity index is 1.32. The number of anilines is 1. The molecule has 3 heterocycles. The van der Waals surface area contributed by atoms with Crippen LogP contribution in [-0.2, 0) is 10.0 Å². The van der Waals surface area contributed by atoms with E-state index in [2.05, 4.69) is 36.1 Å². The van der Waals surface area contributed by atoms with Crippen LogP contribution in [0.5, 0.6) is 11.5 Å². The van der Waals surface area contributed by atoms with Crippen molar-refractivity contribution in [3.05, 3.63) is 65.3 Å². The Hall–Kier alpha value is -3.36. The highest BCUT2D eigenvalue weighted by molar-refractivity contribution is 9.10. The monoisotopic (exact) mass is 625 g/mol. The fourth-order valence-corrected chi connectivity index (χ4v) is 6.42. The number of aromatic nitrogens is 3. The zero-order valence-corrected chi connectivity index (χ0v) is 22.7. The average molecular weight is 626 g/mol. The summed E-state index contributed by atoms with van der Waals surface area (Å²) in [4.78, 5) is 4.52. The number of nitrogens with zero attached hydrogens (tertiary/aromatic N) is 4. The molecule has 39 heavy (non-hydrogen) atoms. The summed E-state index contributed by atoms with van der Waals surface area (Å²) in [7, 11) is -3.91. The van der Waals surface area contributed by atoms with Crippen molar-refractivity contribution in [3.8, 4) is 22.8 Å². The van der Waals surface area contributed by atoms with E-state index in [9.17, 15) is 26.7 Å². The zero-order chi connectivity index (χ0) is 27.8. The van der Waals surface area contributed by atoms with E-state index in [-0.39, 0.29) is 23.1 Å². The third-order valence-electron chi connectivity index (χ3n) is 6.36. The number of halogens is 4. The normalized spacial score (nSPS) is 16.9. The topological polar surface area (TPSA) is 109 Å². The van der Waals surface area contributed by atoms with Crippen LogP contribution in [-0.4, -0.2) is 58.4 Å². The average Bonchev–Trinajstić information content (AvgIpc) is 3.28. The van der Waals surface area contributed by atoms with Crippen LogP contribution in [0.3, 0.4) is 0 Å². The Labute approximate surface area is 230 Å². The second-order valence-electron chi connectivity index (χ2n) is 9.04. The lowest BCUT2D eigenvalue weighted by Crippen LogP contribution is -2.41. The highest BCUT2D eigenvalue weighted by Gasteiger charge is 2.33. The van der Waals surface area contributed by atoms with E-state index in [1.165, 1.54) is 4.31 Å². The summed E-state index contributed by atoms with van der Waals surface area (Å²) >= 11 is 3.45. The third-order valence-corrected chi connectivity index (χ3v) is 8.80. The van der Waals surface area contributed by atoms with Gasteiger partial charge in [0, 0.05) is 31.3 Å². The fourth-order valence-electron chi connectivity index (χ4n) is 4.51. The number of ether oxygens (including phenoxy) is 1. The smallest absolute Gasteiger partial charge is 0.507 e. The first-order chi connectivity index (χ1) is 18.5. The number of hydrogen-bond donors (Lipinski definition) is 2. The summed E-state index contributed by atoms with van der Waals surface area (Å²) < 4.78 is 71.2. The maximum Gasteiger partial charge on any atom is 0.573 e. The van der Waals surface area contributed by atoms with Gasteiger partial charge in [-0.2, -0.15) is 13.9 Å². The van der Waals surface area contributed by atoms with Gasteiger partial charge in [0.15, 0.2) is 5.65 Å². The molecule has 0 aliphatic carbocycles. The number of nitrogens with one attached hydrogen (secondary N) is 1. The fraction of sp³-hybridized carbons (Fsp3) is 0.280. The van der Waals surface area contributed by atoms with Gasteiger partial charge in [0.25, 0.3) is 0 Å². The lowest BCUT2D eigenvalue weighted by molar-refractivity contribution is -0.274. The van der Waals surface area contributed by atoms with Crippen LogP contribution in [0.25, 0.3) is 16.9 Å². The molecule has 5 rings (SSSR count). The highest BCUT2D eigenvalue weighted by Crippen LogP contribution is 2.32. The minimum atomic E-state index is -4.86. The lowest BCUT2D eigenvalue weighted by Gasteiger charge is -2.32. The molecular weight excluding hydrogens is 603 g/mol. The molecule has 1 unspecified atom stereocenters. The molecule has 206 valence electrons. The van der Waals surface area contributed by atoms with E-state index >= 15 is 0 Å². The maximum atomic E-state index is 13.2. The minimum Gasteiger partial charge on any atom is -0.507 e. The van der Waals surface area contributed by atoms with Crippen LogP contribution < -0.4 is 10.1 Å². The number of para-hydroxylation sites is 1. The first kappa shape index (κ1) is 27.2. The van der Waals surface area contributed by atoms with Crippen LogP contribution in [0.2, 0.25) is 0 Å². The molecule has 1 fully saturated rings. The Morgan fingerprint density at radius 3 is 2.62 bits per heavy atom. The molecule has 0 bridgehead atoms. The summed E-state index contributed by atoms with van der Waals surface area (Å²) in [5.74, 6) is 0.169. The predicted octanol–water partition coefficient (Wildman–Crippen LogP) is 5.28. The number of piperidine rings is 1. The van der Waals surface area contributed by atoms with E-state index in [0.717, 1.165) is 30.7 Å². The molecule has 2 N–H and O–H groups in total. The van der Waals surface area contributed by atoms with E-state index in [0.29, 0.717) is 46.7 Å². The van der Waals surface area contributed by atoms with Crippen LogP contribution >= 0.6 is 15.9 Å².